The van der Waals surface area contributed by atoms with E-state index in [9.17, 15) is 0 Å². The Morgan fingerprint density at radius 3 is 2.87 bits per heavy atom. The molecule has 0 saturated carbocycles. The fourth-order valence-electron chi connectivity index (χ4n) is 1.18. The smallest absolute Gasteiger partial charge is 0.116 e. The minimum Gasteiger partial charge on any atom is -0.313 e. The maximum Gasteiger partial charge on any atom is 0.116 e. The molecule has 0 radical (unpaired) electrons. The highest BCUT2D eigenvalue weighted by atomic mass is 32.2. The number of rotatable bonds is 6. The molecule has 0 aliphatic rings. The number of hydrogen-bond acceptors (Lipinski definition) is 4. The van der Waals surface area contributed by atoms with Crippen molar-refractivity contribution in [3.63, 3.8) is 0 Å². The summed E-state index contributed by atoms with van der Waals surface area (Å²) in [4.78, 5) is 8.11. The van der Waals surface area contributed by atoms with Gasteiger partial charge in [-0.15, -0.1) is 11.8 Å². The Kier molecular flexibility index (Phi) is 5.65. The molecule has 84 valence electrons. The molecule has 0 fully saturated rings. The van der Waals surface area contributed by atoms with Crippen LogP contribution >= 0.6 is 11.8 Å². The summed E-state index contributed by atoms with van der Waals surface area (Å²) in [6, 6.07) is 2.46. The van der Waals surface area contributed by atoms with Crippen molar-refractivity contribution >= 4 is 11.8 Å². The zero-order valence-electron chi connectivity index (χ0n) is 9.60. The maximum absolute atomic E-state index is 4.21. The van der Waals surface area contributed by atoms with Gasteiger partial charge in [0.05, 0.1) is 5.03 Å². The van der Waals surface area contributed by atoms with E-state index in [4.69, 9.17) is 0 Å². The van der Waals surface area contributed by atoms with E-state index >= 15 is 0 Å². The molecule has 1 N–H and O–H groups in total. The van der Waals surface area contributed by atoms with Crippen molar-refractivity contribution in [1.82, 2.24) is 15.3 Å². The first kappa shape index (κ1) is 12.5. The summed E-state index contributed by atoms with van der Waals surface area (Å²) in [5, 5.41) is 5.05. The Bertz CT molecular complexity index is 266. The van der Waals surface area contributed by atoms with E-state index in [-0.39, 0.29) is 0 Å². The third-order valence-corrected chi connectivity index (χ3v) is 3.54. The Hall–Kier alpha value is -0.610. The number of aromatic nitrogens is 2. The van der Waals surface area contributed by atoms with Gasteiger partial charge in [0.1, 0.15) is 6.33 Å². The molecule has 1 aromatic rings. The lowest BCUT2D eigenvalue weighted by molar-refractivity contribution is 0.542. The van der Waals surface area contributed by atoms with Gasteiger partial charge in [-0.05, 0) is 26.0 Å². The van der Waals surface area contributed by atoms with E-state index in [0.29, 0.717) is 11.3 Å². The van der Waals surface area contributed by atoms with Crippen LogP contribution in [0.2, 0.25) is 0 Å². The lowest BCUT2D eigenvalue weighted by Gasteiger charge is -2.20. The molecule has 0 aliphatic heterocycles. The highest BCUT2D eigenvalue weighted by molar-refractivity contribution is 7.99. The first-order valence-electron chi connectivity index (χ1n) is 5.40. The second kappa shape index (κ2) is 6.80. The number of nitrogens with zero attached hydrogens (tertiary/aromatic N) is 2. The van der Waals surface area contributed by atoms with Crippen molar-refractivity contribution in [2.24, 2.45) is 0 Å². The van der Waals surface area contributed by atoms with Gasteiger partial charge in [0.2, 0.25) is 0 Å². The molecule has 4 heteroatoms. The van der Waals surface area contributed by atoms with Crippen molar-refractivity contribution in [3.8, 4) is 0 Å². The Morgan fingerprint density at radius 2 is 2.27 bits per heavy atom. The van der Waals surface area contributed by atoms with Crippen molar-refractivity contribution in [2.45, 2.75) is 43.5 Å². The van der Waals surface area contributed by atoms with E-state index < -0.39 is 0 Å². The second-order valence-electron chi connectivity index (χ2n) is 3.61. The third-order valence-electron chi connectivity index (χ3n) is 2.28. The van der Waals surface area contributed by atoms with Gasteiger partial charge in [-0.2, -0.15) is 0 Å². The molecule has 1 rings (SSSR count). The Morgan fingerprint density at radius 1 is 1.47 bits per heavy atom. The summed E-state index contributed by atoms with van der Waals surface area (Å²) in [5.74, 6) is 0. The Balaban J connectivity index is 2.38. The van der Waals surface area contributed by atoms with Crippen molar-refractivity contribution in [3.05, 3.63) is 18.6 Å². The Labute approximate surface area is 96.1 Å². The molecule has 2 atom stereocenters. The highest BCUT2D eigenvalue weighted by Gasteiger charge is 2.12. The molecule has 0 bridgehead atoms. The molecule has 1 heterocycles. The van der Waals surface area contributed by atoms with E-state index in [2.05, 4.69) is 36.1 Å². The van der Waals surface area contributed by atoms with Crippen LogP contribution in [0.25, 0.3) is 0 Å². The van der Waals surface area contributed by atoms with Crippen molar-refractivity contribution < 1.29 is 0 Å². The highest BCUT2D eigenvalue weighted by Crippen LogP contribution is 2.22. The number of thioether (sulfide) groups is 1. The van der Waals surface area contributed by atoms with Gasteiger partial charge in [0.25, 0.3) is 0 Å². The van der Waals surface area contributed by atoms with E-state index in [1.54, 1.807) is 24.3 Å². The van der Waals surface area contributed by atoms with Crippen LogP contribution in [0, 0.1) is 0 Å². The van der Waals surface area contributed by atoms with Crippen LogP contribution in [-0.2, 0) is 0 Å². The topological polar surface area (TPSA) is 37.8 Å². The summed E-state index contributed by atoms with van der Waals surface area (Å²) in [5.41, 5.74) is 0. The fraction of sp³-hybridized carbons (Fsp3) is 0.636. The molecule has 0 aliphatic carbocycles. The zero-order valence-corrected chi connectivity index (χ0v) is 10.4. The summed E-state index contributed by atoms with van der Waals surface area (Å²) in [7, 11) is 0. The summed E-state index contributed by atoms with van der Waals surface area (Å²) in [6.45, 7) is 7.70. The van der Waals surface area contributed by atoms with E-state index in [0.717, 1.165) is 11.6 Å². The first-order chi connectivity index (χ1) is 7.24. The summed E-state index contributed by atoms with van der Waals surface area (Å²) in [6.07, 6.45) is 4.56. The molecule has 2 unspecified atom stereocenters. The molecule has 0 aromatic carbocycles. The fourth-order valence-corrected chi connectivity index (χ4v) is 2.11. The third kappa shape index (κ3) is 4.62. The van der Waals surface area contributed by atoms with Gasteiger partial charge >= 0.3 is 0 Å². The minimum absolute atomic E-state index is 0.505. The van der Waals surface area contributed by atoms with Crippen LogP contribution in [-0.4, -0.2) is 27.8 Å². The number of nitrogens with one attached hydrogen (secondary N) is 1. The zero-order chi connectivity index (χ0) is 11.1. The minimum atomic E-state index is 0.505. The van der Waals surface area contributed by atoms with Crippen LogP contribution in [0.15, 0.2) is 23.6 Å². The molecule has 0 spiro atoms. The van der Waals surface area contributed by atoms with Crippen LogP contribution in [0.5, 0.6) is 0 Å². The van der Waals surface area contributed by atoms with Crippen LogP contribution in [0.1, 0.15) is 27.2 Å². The predicted molar refractivity (Wildman–Crippen MR) is 65.1 cm³/mol. The maximum atomic E-state index is 4.21. The van der Waals surface area contributed by atoms with Crippen molar-refractivity contribution in [1.29, 1.82) is 0 Å². The van der Waals surface area contributed by atoms with Gasteiger partial charge in [0.15, 0.2) is 0 Å². The van der Waals surface area contributed by atoms with Gasteiger partial charge in [-0.3, -0.25) is 0 Å². The van der Waals surface area contributed by atoms with Crippen LogP contribution in [0.4, 0.5) is 0 Å². The van der Waals surface area contributed by atoms with Gasteiger partial charge in [-0.1, -0.05) is 13.8 Å². The van der Waals surface area contributed by atoms with Crippen LogP contribution < -0.4 is 5.32 Å². The predicted octanol–water partition coefficient (Wildman–Crippen LogP) is 2.35. The molecule has 15 heavy (non-hydrogen) atoms. The standard InChI is InChI=1S/C11H19N3S/c1-4-6-13-9(2)10(3)15-11-5-7-12-8-14-11/h5,7-10,13H,4,6H2,1-3H3. The molecule has 0 saturated heterocycles. The summed E-state index contributed by atoms with van der Waals surface area (Å²) >= 11 is 1.79. The first-order valence-corrected chi connectivity index (χ1v) is 6.28. The lowest BCUT2D eigenvalue weighted by Crippen LogP contribution is -2.34. The monoisotopic (exact) mass is 225 g/mol. The molecule has 3 nitrogen and oxygen atoms in total. The summed E-state index contributed by atoms with van der Waals surface area (Å²) < 4.78 is 0. The average molecular weight is 225 g/mol. The molecular weight excluding hydrogens is 206 g/mol. The molecule has 0 amide bonds. The normalized spacial score (nSPS) is 14.9. The van der Waals surface area contributed by atoms with E-state index in [1.165, 1.54) is 6.42 Å². The second-order valence-corrected chi connectivity index (χ2v) is 5.01. The van der Waals surface area contributed by atoms with Gasteiger partial charge in [-0.25, -0.2) is 9.97 Å². The number of hydrogen-bond donors (Lipinski definition) is 1. The van der Waals surface area contributed by atoms with Crippen molar-refractivity contribution in [2.75, 3.05) is 6.54 Å². The quantitative estimate of drug-likeness (QED) is 0.596. The average Bonchev–Trinajstić information content (AvgIpc) is 2.27. The molecular formula is C11H19N3S. The van der Waals surface area contributed by atoms with Gasteiger partial charge in [0, 0.05) is 17.5 Å². The SMILES string of the molecule is CCCNC(C)C(C)Sc1ccncn1. The van der Waals surface area contributed by atoms with E-state index in [1.807, 2.05) is 6.07 Å². The van der Waals surface area contributed by atoms with Crippen LogP contribution in [0.3, 0.4) is 0 Å². The largest absolute Gasteiger partial charge is 0.313 e. The molecule has 1 aromatic heterocycles. The van der Waals surface area contributed by atoms with Gasteiger partial charge < -0.3 is 5.32 Å². The lowest BCUT2D eigenvalue weighted by atomic mass is 10.2.